The SMILES string of the molecule is Cc1c(C(C)NC(C)Cn2ccnc2)oc2ccccc12. The highest BCUT2D eigenvalue weighted by molar-refractivity contribution is 5.82. The number of hydrogen-bond acceptors (Lipinski definition) is 3. The third-order valence-corrected chi connectivity index (χ3v) is 3.85. The summed E-state index contributed by atoms with van der Waals surface area (Å²) in [6.07, 6.45) is 5.63. The van der Waals surface area contributed by atoms with Gasteiger partial charge >= 0.3 is 0 Å². The van der Waals surface area contributed by atoms with E-state index in [0.29, 0.717) is 6.04 Å². The monoisotopic (exact) mass is 283 g/mol. The first-order chi connectivity index (χ1) is 10.1. The number of aromatic nitrogens is 2. The van der Waals surface area contributed by atoms with E-state index in [1.54, 1.807) is 6.20 Å². The standard InChI is InChI=1S/C17H21N3O/c1-12(10-20-9-8-18-11-20)19-14(3)17-13(2)15-6-4-5-7-16(15)21-17/h4-9,11-12,14,19H,10H2,1-3H3. The van der Waals surface area contributed by atoms with E-state index in [0.717, 1.165) is 17.9 Å². The van der Waals surface area contributed by atoms with Crippen molar-refractivity contribution < 1.29 is 4.42 Å². The Morgan fingerprint density at radius 2 is 2.10 bits per heavy atom. The quantitative estimate of drug-likeness (QED) is 0.776. The predicted octanol–water partition coefficient (Wildman–Crippen LogP) is 3.68. The van der Waals surface area contributed by atoms with Gasteiger partial charge in [-0.05, 0) is 32.4 Å². The van der Waals surface area contributed by atoms with Crippen LogP contribution in [0.4, 0.5) is 0 Å². The van der Waals surface area contributed by atoms with E-state index in [-0.39, 0.29) is 6.04 Å². The summed E-state index contributed by atoms with van der Waals surface area (Å²) in [5, 5.41) is 4.79. The third-order valence-electron chi connectivity index (χ3n) is 3.85. The molecule has 0 saturated heterocycles. The molecule has 4 nitrogen and oxygen atoms in total. The Labute approximate surface area is 124 Å². The van der Waals surface area contributed by atoms with Crippen molar-refractivity contribution in [1.82, 2.24) is 14.9 Å². The summed E-state index contributed by atoms with van der Waals surface area (Å²) in [4.78, 5) is 4.07. The first kappa shape index (κ1) is 13.9. The summed E-state index contributed by atoms with van der Waals surface area (Å²) < 4.78 is 8.09. The van der Waals surface area contributed by atoms with Gasteiger partial charge in [0.1, 0.15) is 11.3 Å². The molecule has 0 aliphatic carbocycles. The fourth-order valence-corrected chi connectivity index (χ4v) is 2.87. The molecule has 21 heavy (non-hydrogen) atoms. The van der Waals surface area contributed by atoms with Crippen LogP contribution in [0.3, 0.4) is 0 Å². The average Bonchev–Trinajstić information content (AvgIpc) is 3.07. The van der Waals surface area contributed by atoms with Gasteiger partial charge in [-0.3, -0.25) is 0 Å². The van der Waals surface area contributed by atoms with Crippen molar-refractivity contribution in [2.24, 2.45) is 0 Å². The zero-order chi connectivity index (χ0) is 14.8. The van der Waals surface area contributed by atoms with Gasteiger partial charge < -0.3 is 14.3 Å². The van der Waals surface area contributed by atoms with E-state index in [1.807, 2.05) is 30.7 Å². The minimum absolute atomic E-state index is 0.177. The van der Waals surface area contributed by atoms with Crippen molar-refractivity contribution in [3.05, 3.63) is 54.3 Å². The molecule has 4 heteroatoms. The van der Waals surface area contributed by atoms with Gasteiger partial charge in [-0.1, -0.05) is 18.2 Å². The van der Waals surface area contributed by atoms with Crippen LogP contribution < -0.4 is 5.32 Å². The zero-order valence-electron chi connectivity index (χ0n) is 12.7. The lowest BCUT2D eigenvalue weighted by Crippen LogP contribution is -2.32. The summed E-state index contributed by atoms with van der Waals surface area (Å²) in [6, 6.07) is 8.70. The number of hydrogen-bond donors (Lipinski definition) is 1. The number of fused-ring (bicyclic) bond motifs is 1. The largest absolute Gasteiger partial charge is 0.459 e. The molecule has 0 spiro atoms. The molecule has 1 N–H and O–H groups in total. The van der Waals surface area contributed by atoms with E-state index in [9.17, 15) is 0 Å². The van der Waals surface area contributed by atoms with Crippen LogP contribution in [0.25, 0.3) is 11.0 Å². The molecule has 3 rings (SSSR count). The number of imidazole rings is 1. The second kappa shape index (κ2) is 5.74. The Morgan fingerprint density at radius 3 is 2.81 bits per heavy atom. The summed E-state index contributed by atoms with van der Waals surface area (Å²) in [5.74, 6) is 1.02. The van der Waals surface area contributed by atoms with Crippen LogP contribution in [0.2, 0.25) is 0 Å². The van der Waals surface area contributed by atoms with Gasteiger partial charge in [0.15, 0.2) is 0 Å². The Morgan fingerprint density at radius 1 is 1.29 bits per heavy atom. The van der Waals surface area contributed by atoms with Gasteiger partial charge in [0, 0.05) is 30.4 Å². The minimum atomic E-state index is 0.177. The van der Waals surface area contributed by atoms with Gasteiger partial charge in [-0.2, -0.15) is 0 Å². The average molecular weight is 283 g/mol. The highest BCUT2D eigenvalue weighted by Crippen LogP contribution is 2.29. The Balaban J connectivity index is 1.74. The number of aryl methyl sites for hydroxylation is 1. The molecule has 2 unspecified atom stereocenters. The molecule has 3 aromatic rings. The predicted molar refractivity (Wildman–Crippen MR) is 84.2 cm³/mol. The van der Waals surface area contributed by atoms with Gasteiger partial charge in [0.05, 0.1) is 12.4 Å². The molecule has 2 aromatic heterocycles. The molecule has 0 saturated carbocycles. The highest BCUT2D eigenvalue weighted by Gasteiger charge is 2.17. The molecule has 2 heterocycles. The smallest absolute Gasteiger partial charge is 0.134 e. The second-order valence-electron chi connectivity index (χ2n) is 5.64. The second-order valence-corrected chi connectivity index (χ2v) is 5.64. The molecule has 2 atom stereocenters. The van der Waals surface area contributed by atoms with Gasteiger partial charge in [-0.25, -0.2) is 4.98 Å². The van der Waals surface area contributed by atoms with E-state index >= 15 is 0 Å². The van der Waals surface area contributed by atoms with Crippen LogP contribution in [-0.2, 0) is 6.54 Å². The fourth-order valence-electron chi connectivity index (χ4n) is 2.87. The number of nitrogens with zero attached hydrogens (tertiary/aromatic N) is 2. The van der Waals surface area contributed by atoms with Gasteiger partial charge in [0.25, 0.3) is 0 Å². The molecule has 0 amide bonds. The molecule has 0 radical (unpaired) electrons. The van der Waals surface area contributed by atoms with Gasteiger partial charge in [0.2, 0.25) is 0 Å². The number of para-hydroxylation sites is 1. The summed E-state index contributed by atoms with van der Waals surface area (Å²) >= 11 is 0. The molecule has 1 aromatic carbocycles. The maximum Gasteiger partial charge on any atom is 0.134 e. The molecule has 0 aliphatic heterocycles. The first-order valence-corrected chi connectivity index (χ1v) is 7.35. The van der Waals surface area contributed by atoms with E-state index in [2.05, 4.69) is 41.7 Å². The summed E-state index contributed by atoms with van der Waals surface area (Å²) in [5.41, 5.74) is 2.18. The van der Waals surface area contributed by atoms with Crippen molar-refractivity contribution in [3.8, 4) is 0 Å². The maximum absolute atomic E-state index is 6.02. The van der Waals surface area contributed by atoms with E-state index in [4.69, 9.17) is 4.42 Å². The lowest BCUT2D eigenvalue weighted by molar-refractivity contribution is 0.384. The third kappa shape index (κ3) is 2.85. The van der Waals surface area contributed by atoms with Crippen LogP contribution in [0.1, 0.15) is 31.2 Å². The molecule has 0 aliphatic rings. The van der Waals surface area contributed by atoms with Crippen molar-refractivity contribution in [2.75, 3.05) is 0 Å². The lowest BCUT2D eigenvalue weighted by atomic mass is 10.1. The normalized spacial score (nSPS) is 14.4. The summed E-state index contributed by atoms with van der Waals surface area (Å²) in [6.45, 7) is 7.34. The highest BCUT2D eigenvalue weighted by atomic mass is 16.3. The van der Waals surface area contributed by atoms with Gasteiger partial charge in [-0.15, -0.1) is 0 Å². The Kier molecular flexibility index (Phi) is 3.80. The van der Waals surface area contributed by atoms with Crippen LogP contribution in [-0.4, -0.2) is 15.6 Å². The van der Waals surface area contributed by atoms with Crippen LogP contribution >= 0.6 is 0 Å². The first-order valence-electron chi connectivity index (χ1n) is 7.35. The number of nitrogens with one attached hydrogen (secondary N) is 1. The number of rotatable bonds is 5. The van der Waals surface area contributed by atoms with Crippen LogP contribution in [0.15, 0.2) is 47.4 Å². The zero-order valence-corrected chi connectivity index (χ0v) is 12.7. The number of benzene rings is 1. The molecule has 0 bridgehead atoms. The summed E-state index contributed by atoms with van der Waals surface area (Å²) in [7, 11) is 0. The van der Waals surface area contributed by atoms with Crippen molar-refractivity contribution in [1.29, 1.82) is 0 Å². The Bertz CT molecular complexity index is 715. The maximum atomic E-state index is 6.02. The minimum Gasteiger partial charge on any atom is -0.459 e. The van der Waals surface area contributed by atoms with Crippen molar-refractivity contribution >= 4 is 11.0 Å². The van der Waals surface area contributed by atoms with Crippen LogP contribution in [0.5, 0.6) is 0 Å². The van der Waals surface area contributed by atoms with Crippen molar-refractivity contribution in [2.45, 2.75) is 39.4 Å². The lowest BCUT2D eigenvalue weighted by Gasteiger charge is -2.19. The molecule has 0 fully saturated rings. The fraction of sp³-hybridized carbons (Fsp3) is 0.353. The van der Waals surface area contributed by atoms with Crippen molar-refractivity contribution in [3.63, 3.8) is 0 Å². The van der Waals surface area contributed by atoms with E-state index in [1.165, 1.54) is 10.9 Å². The Hall–Kier alpha value is -2.07. The molecular weight excluding hydrogens is 262 g/mol. The van der Waals surface area contributed by atoms with E-state index < -0.39 is 0 Å². The van der Waals surface area contributed by atoms with Crippen LogP contribution in [0, 0.1) is 6.92 Å². The topological polar surface area (TPSA) is 43.0 Å². The molecular formula is C17H21N3O. The molecule has 110 valence electrons. The number of furan rings is 1.